The monoisotopic (exact) mass is 447 g/mol. The molecule has 2 N–H and O–H groups in total. The average molecular weight is 448 g/mol. The number of esters is 1. The molecular formula is C21H25N3O6S. The molecule has 2 aromatic rings. The summed E-state index contributed by atoms with van der Waals surface area (Å²) < 4.78 is 15.5. The van der Waals surface area contributed by atoms with Gasteiger partial charge in [0.05, 0.1) is 26.3 Å². The fourth-order valence-corrected chi connectivity index (χ4v) is 4.11. The molecule has 9 nitrogen and oxygen atoms in total. The Morgan fingerprint density at radius 2 is 1.87 bits per heavy atom. The van der Waals surface area contributed by atoms with E-state index >= 15 is 0 Å². The van der Waals surface area contributed by atoms with Crippen LogP contribution in [0.5, 0.6) is 11.5 Å². The second kappa shape index (κ2) is 10.8. The lowest BCUT2D eigenvalue weighted by Crippen LogP contribution is -2.45. The highest BCUT2D eigenvalue weighted by molar-refractivity contribution is 7.13. The minimum absolute atomic E-state index is 0.0780. The van der Waals surface area contributed by atoms with Crippen LogP contribution in [0.1, 0.15) is 31.4 Å². The standard InChI is InChI=1S/C21H25N3O6S/c1-28-16-8-7-13(9-17(16)29-2)20-22-15(12-31-20)10-19(26)30-11-18(25)24-21(27)23-14-5-3-4-6-14/h7-9,12,14H,3-6,10-11H2,1-2H3,(H2,23,24,25,27). The van der Waals surface area contributed by atoms with E-state index in [0.717, 1.165) is 31.2 Å². The van der Waals surface area contributed by atoms with Crippen LogP contribution in [-0.4, -0.2) is 49.8 Å². The molecule has 3 rings (SSSR count). The first-order valence-corrected chi connectivity index (χ1v) is 10.8. The zero-order valence-corrected chi connectivity index (χ0v) is 18.3. The van der Waals surface area contributed by atoms with Gasteiger partial charge in [-0.15, -0.1) is 11.3 Å². The predicted octanol–water partition coefficient (Wildman–Crippen LogP) is 2.68. The molecule has 0 radical (unpaired) electrons. The van der Waals surface area contributed by atoms with Gasteiger partial charge in [-0.3, -0.25) is 14.9 Å². The number of aromatic nitrogens is 1. The van der Waals surface area contributed by atoms with Crippen molar-refractivity contribution in [1.29, 1.82) is 0 Å². The minimum atomic E-state index is -0.673. The third kappa shape index (κ3) is 6.42. The summed E-state index contributed by atoms with van der Waals surface area (Å²) in [6.45, 7) is -0.524. The lowest BCUT2D eigenvalue weighted by molar-refractivity contribution is -0.147. The molecule has 1 aliphatic carbocycles. The molecule has 1 aliphatic rings. The summed E-state index contributed by atoms with van der Waals surface area (Å²) in [5.74, 6) is -0.0791. The number of nitrogens with zero attached hydrogens (tertiary/aromatic N) is 1. The van der Waals surface area contributed by atoms with Crippen LogP contribution < -0.4 is 20.1 Å². The number of hydrogen-bond donors (Lipinski definition) is 2. The Kier molecular flexibility index (Phi) is 7.82. The van der Waals surface area contributed by atoms with E-state index in [9.17, 15) is 14.4 Å². The zero-order valence-electron chi connectivity index (χ0n) is 17.4. The summed E-state index contributed by atoms with van der Waals surface area (Å²) in [6, 6.07) is 4.97. The molecule has 3 amide bonds. The Balaban J connectivity index is 1.46. The maximum Gasteiger partial charge on any atom is 0.321 e. The Hall–Kier alpha value is -3.14. The maximum absolute atomic E-state index is 12.0. The molecule has 1 aromatic heterocycles. The lowest BCUT2D eigenvalue weighted by atomic mass is 10.2. The topological polar surface area (TPSA) is 116 Å². The van der Waals surface area contributed by atoms with Gasteiger partial charge >= 0.3 is 12.0 Å². The second-order valence-corrected chi connectivity index (χ2v) is 7.91. The van der Waals surface area contributed by atoms with Crippen LogP contribution in [0, 0.1) is 0 Å². The summed E-state index contributed by atoms with van der Waals surface area (Å²) in [6.07, 6.45) is 3.89. The van der Waals surface area contributed by atoms with Crippen molar-refractivity contribution in [3.05, 3.63) is 29.3 Å². The molecule has 1 aromatic carbocycles. The SMILES string of the molecule is COc1ccc(-c2nc(CC(=O)OCC(=O)NC(=O)NC3CCCC3)cs2)cc1OC. The third-order valence-corrected chi connectivity index (χ3v) is 5.76. The van der Waals surface area contributed by atoms with Gasteiger partial charge in [-0.2, -0.15) is 0 Å². The van der Waals surface area contributed by atoms with Gasteiger partial charge in [0.15, 0.2) is 18.1 Å². The van der Waals surface area contributed by atoms with Gasteiger partial charge in [-0.05, 0) is 31.0 Å². The predicted molar refractivity (Wildman–Crippen MR) is 114 cm³/mol. The van der Waals surface area contributed by atoms with Crippen molar-refractivity contribution in [2.45, 2.75) is 38.1 Å². The maximum atomic E-state index is 12.0. The van der Waals surface area contributed by atoms with Crippen LogP contribution in [0.2, 0.25) is 0 Å². The summed E-state index contributed by atoms with van der Waals surface area (Å²) in [7, 11) is 3.12. The number of imide groups is 1. The van der Waals surface area contributed by atoms with Crippen molar-refractivity contribution in [3.8, 4) is 22.1 Å². The molecule has 1 saturated carbocycles. The van der Waals surface area contributed by atoms with Crippen LogP contribution in [0.4, 0.5) is 4.79 Å². The third-order valence-electron chi connectivity index (χ3n) is 4.82. The zero-order chi connectivity index (χ0) is 22.2. The molecule has 166 valence electrons. The van der Waals surface area contributed by atoms with E-state index in [2.05, 4.69) is 15.6 Å². The van der Waals surface area contributed by atoms with Gasteiger partial charge in [0.1, 0.15) is 5.01 Å². The van der Waals surface area contributed by atoms with E-state index in [1.54, 1.807) is 31.7 Å². The van der Waals surface area contributed by atoms with Gasteiger partial charge in [0.25, 0.3) is 5.91 Å². The largest absolute Gasteiger partial charge is 0.493 e. The number of methoxy groups -OCH3 is 2. The van der Waals surface area contributed by atoms with Crippen LogP contribution in [0.25, 0.3) is 10.6 Å². The van der Waals surface area contributed by atoms with Crippen molar-refractivity contribution in [2.24, 2.45) is 0 Å². The second-order valence-electron chi connectivity index (χ2n) is 7.05. The molecule has 0 aliphatic heterocycles. The first-order valence-electron chi connectivity index (χ1n) is 9.91. The number of urea groups is 1. The van der Waals surface area contributed by atoms with Crippen LogP contribution >= 0.6 is 11.3 Å². The number of thiazole rings is 1. The normalized spacial score (nSPS) is 13.5. The molecule has 1 fully saturated rings. The van der Waals surface area contributed by atoms with E-state index in [1.807, 2.05) is 6.07 Å². The van der Waals surface area contributed by atoms with Gasteiger partial charge in [0, 0.05) is 17.0 Å². The van der Waals surface area contributed by atoms with E-state index in [0.29, 0.717) is 22.2 Å². The smallest absolute Gasteiger partial charge is 0.321 e. The van der Waals surface area contributed by atoms with Crippen LogP contribution in [0.15, 0.2) is 23.6 Å². The number of nitrogens with one attached hydrogen (secondary N) is 2. The van der Waals surface area contributed by atoms with Crippen molar-refractivity contribution >= 4 is 29.2 Å². The fourth-order valence-electron chi connectivity index (χ4n) is 3.29. The Labute approximate surface area is 184 Å². The summed E-state index contributed by atoms with van der Waals surface area (Å²) in [4.78, 5) is 40.0. The highest BCUT2D eigenvalue weighted by Gasteiger charge is 2.19. The average Bonchev–Trinajstić information content (AvgIpc) is 3.44. The molecule has 0 unspecified atom stereocenters. The highest BCUT2D eigenvalue weighted by Crippen LogP contribution is 2.33. The quantitative estimate of drug-likeness (QED) is 0.598. The molecule has 0 saturated heterocycles. The fraction of sp³-hybridized carbons (Fsp3) is 0.429. The van der Waals surface area contributed by atoms with E-state index in [1.165, 1.54) is 11.3 Å². The van der Waals surface area contributed by atoms with E-state index < -0.39 is 24.5 Å². The molecule has 31 heavy (non-hydrogen) atoms. The Morgan fingerprint density at radius 1 is 1.13 bits per heavy atom. The van der Waals surface area contributed by atoms with Crippen LogP contribution in [-0.2, 0) is 20.7 Å². The van der Waals surface area contributed by atoms with Crippen molar-refractivity contribution in [2.75, 3.05) is 20.8 Å². The number of rotatable bonds is 8. The molecule has 10 heteroatoms. The van der Waals surface area contributed by atoms with Gasteiger partial charge in [-0.25, -0.2) is 9.78 Å². The highest BCUT2D eigenvalue weighted by atomic mass is 32.1. The Morgan fingerprint density at radius 3 is 2.58 bits per heavy atom. The van der Waals surface area contributed by atoms with Gasteiger partial charge in [0.2, 0.25) is 0 Å². The van der Waals surface area contributed by atoms with Gasteiger partial charge < -0.3 is 19.5 Å². The van der Waals surface area contributed by atoms with Crippen molar-refractivity contribution in [3.63, 3.8) is 0 Å². The molecule has 0 bridgehead atoms. The number of amides is 3. The summed E-state index contributed by atoms with van der Waals surface area (Å²) >= 11 is 1.38. The summed E-state index contributed by atoms with van der Waals surface area (Å²) in [5, 5.41) is 7.37. The number of carbonyl (C=O) groups excluding carboxylic acids is 3. The first kappa shape index (κ1) is 22.5. The molecule has 0 spiro atoms. The molecule has 1 heterocycles. The van der Waals surface area contributed by atoms with Crippen LogP contribution in [0.3, 0.4) is 0 Å². The van der Waals surface area contributed by atoms with Gasteiger partial charge in [-0.1, -0.05) is 12.8 Å². The molecule has 0 atom stereocenters. The Bertz CT molecular complexity index is 939. The first-order chi connectivity index (χ1) is 15.0. The molecular weight excluding hydrogens is 422 g/mol. The summed E-state index contributed by atoms with van der Waals surface area (Å²) in [5.41, 5.74) is 1.36. The van der Waals surface area contributed by atoms with Crippen molar-refractivity contribution < 1.29 is 28.6 Å². The number of carbonyl (C=O) groups is 3. The number of benzene rings is 1. The van der Waals surface area contributed by atoms with E-state index in [4.69, 9.17) is 14.2 Å². The number of hydrogen-bond acceptors (Lipinski definition) is 8. The van der Waals surface area contributed by atoms with Crippen molar-refractivity contribution in [1.82, 2.24) is 15.6 Å². The van der Waals surface area contributed by atoms with E-state index in [-0.39, 0.29) is 12.5 Å². The minimum Gasteiger partial charge on any atom is -0.493 e. The number of ether oxygens (including phenoxy) is 3. The lowest BCUT2D eigenvalue weighted by Gasteiger charge is -2.12.